The number of methoxy groups -OCH3 is 3. The van der Waals surface area contributed by atoms with Crippen LogP contribution in [0.1, 0.15) is 5.56 Å². The Hall–Kier alpha value is -3.64. The summed E-state index contributed by atoms with van der Waals surface area (Å²) >= 11 is 0. The van der Waals surface area contributed by atoms with Gasteiger partial charge in [-0.3, -0.25) is 10.1 Å². The van der Waals surface area contributed by atoms with Crippen LogP contribution in [-0.4, -0.2) is 71.1 Å². The Morgan fingerprint density at radius 1 is 1.03 bits per heavy atom. The average Bonchev–Trinajstić information content (AvgIpc) is 2.86. The third-order valence-corrected chi connectivity index (χ3v) is 7.27. The molecule has 2 aromatic rings. The van der Waals surface area contributed by atoms with Gasteiger partial charge in [-0.1, -0.05) is 0 Å². The summed E-state index contributed by atoms with van der Waals surface area (Å²) in [6.45, 7) is 1.21. The highest BCUT2D eigenvalue weighted by Crippen LogP contribution is 2.38. The van der Waals surface area contributed by atoms with Gasteiger partial charge in [0.05, 0.1) is 26.3 Å². The number of hydrogen-bond donors (Lipinski definition) is 0. The molecule has 0 N–H and O–H groups in total. The lowest BCUT2D eigenvalue weighted by molar-refractivity contribution is -0.384. The summed E-state index contributed by atoms with van der Waals surface area (Å²) in [5.74, 6) is -0.310. The summed E-state index contributed by atoms with van der Waals surface area (Å²) < 4.78 is 43.7. The van der Waals surface area contributed by atoms with Crippen LogP contribution in [0.25, 0.3) is 6.08 Å². The van der Waals surface area contributed by atoms with E-state index in [0.29, 0.717) is 18.7 Å². The van der Waals surface area contributed by atoms with E-state index in [2.05, 4.69) is 4.74 Å². The zero-order valence-corrected chi connectivity index (χ0v) is 19.8. The van der Waals surface area contributed by atoms with Crippen LogP contribution in [0.4, 0.5) is 11.4 Å². The minimum atomic E-state index is -3.97. The topological polar surface area (TPSA) is 129 Å². The number of carbonyl (C=O) groups is 1. The molecule has 0 unspecified atom stereocenters. The van der Waals surface area contributed by atoms with Gasteiger partial charge in [-0.05, 0) is 35.9 Å². The summed E-state index contributed by atoms with van der Waals surface area (Å²) in [7, 11) is 0.0267. The van der Waals surface area contributed by atoms with Crippen molar-refractivity contribution >= 4 is 33.4 Å². The number of sulfonamides is 1. The van der Waals surface area contributed by atoms with Gasteiger partial charge in [-0.15, -0.1) is 0 Å². The molecule has 1 aliphatic heterocycles. The Bertz CT molecular complexity index is 1190. The highest BCUT2D eigenvalue weighted by molar-refractivity contribution is 7.89. The number of rotatable bonds is 8. The summed E-state index contributed by atoms with van der Waals surface area (Å²) in [6.07, 6.45) is 2.61. The maximum absolute atomic E-state index is 13.5. The zero-order chi connectivity index (χ0) is 24.9. The fraction of sp³-hybridized carbons (Fsp3) is 0.318. The highest BCUT2D eigenvalue weighted by Gasteiger charge is 2.32. The van der Waals surface area contributed by atoms with E-state index in [-0.39, 0.29) is 35.2 Å². The number of ether oxygens (including phenoxy) is 3. The molecule has 0 atom stereocenters. The lowest BCUT2D eigenvalue weighted by atomic mass is 10.2. The molecule has 11 nitrogen and oxygen atoms in total. The van der Waals surface area contributed by atoms with Gasteiger partial charge in [-0.2, -0.15) is 4.31 Å². The smallest absolute Gasteiger partial charge is 0.330 e. The van der Waals surface area contributed by atoms with Crippen molar-refractivity contribution in [2.24, 2.45) is 0 Å². The minimum absolute atomic E-state index is 0.00728. The number of anilines is 1. The fourth-order valence-corrected chi connectivity index (χ4v) is 5.21. The molecular weight excluding hydrogens is 466 g/mol. The molecule has 0 spiro atoms. The van der Waals surface area contributed by atoms with E-state index in [1.54, 1.807) is 18.2 Å². The van der Waals surface area contributed by atoms with Crippen molar-refractivity contribution in [3.8, 4) is 11.5 Å². The quantitative estimate of drug-likeness (QED) is 0.236. The Kier molecular flexibility index (Phi) is 7.74. The molecule has 0 aromatic heterocycles. The number of piperazine rings is 1. The maximum atomic E-state index is 13.5. The van der Waals surface area contributed by atoms with Crippen LogP contribution < -0.4 is 14.4 Å². The van der Waals surface area contributed by atoms with Crippen molar-refractivity contribution < 1.29 is 32.3 Å². The van der Waals surface area contributed by atoms with E-state index in [1.807, 2.05) is 4.90 Å². The van der Waals surface area contributed by atoms with E-state index < -0.39 is 20.9 Å². The van der Waals surface area contributed by atoms with Crippen LogP contribution in [0.2, 0.25) is 0 Å². The van der Waals surface area contributed by atoms with Crippen molar-refractivity contribution in [1.29, 1.82) is 0 Å². The minimum Gasteiger partial charge on any atom is -0.493 e. The van der Waals surface area contributed by atoms with Crippen LogP contribution in [0.5, 0.6) is 11.5 Å². The summed E-state index contributed by atoms with van der Waals surface area (Å²) in [5, 5.41) is 10.9. The van der Waals surface area contributed by atoms with Gasteiger partial charge >= 0.3 is 5.97 Å². The molecule has 0 amide bonds. The lowest BCUT2D eigenvalue weighted by Gasteiger charge is -2.35. The molecular formula is C22H25N3O8S. The molecule has 1 fully saturated rings. The van der Waals surface area contributed by atoms with Crippen molar-refractivity contribution in [1.82, 2.24) is 4.31 Å². The van der Waals surface area contributed by atoms with Gasteiger partial charge < -0.3 is 19.1 Å². The second kappa shape index (κ2) is 10.5. The molecule has 0 radical (unpaired) electrons. The van der Waals surface area contributed by atoms with Crippen LogP contribution in [-0.2, 0) is 19.6 Å². The number of carbonyl (C=O) groups excluding carboxylic acids is 1. The van der Waals surface area contributed by atoms with Crippen LogP contribution in [0.3, 0.4) is 0 Å². The predicted octanol–water partition coefficient (Wildman–Crippen LogP) is 2.31. The Balaban J connectivity index is 1.86. The molecule has 3 rings (SSSR count). The summed E-state index contributed by atoms with van der Waals surface area (Å²) in [5.41, 5.74) is 1.19. The zero-order valence-electron chi connectivity index (χ0n) is 19.0. The Morgan fingerprint density at radius 2 is 1.68 bits per heavy atom. The van der Waals surface area contributed by atoms with Gasteiger partial charge in [0.15, 0.2) is 11.5 Å². The third kappa shape index (κ3) is 5.29. The molecule has 1 saturated heterocycles. The van der Waals surface area contributed by atoms with E-state index in [9.17, 15) is 23.3 Å². The van der Waals surface area contributed by atoms with Crippen molar-refractivity contribution in [2.45, 2.75) is 4.90 Å². The first-order valence-corrected chi connectivity index (χ1v) is 11.7. The van der Waals surface area contributed by atoms with E-state index in [1.165, 1.54) is 56.0 Å². The molecule has 1 heterocycles. The van der Waals surface area contributed by atoms with Gasteiger partial charge in [0, 0.05) is 50.1 Å². The van der Waals surface area contributed by atoms with Gasteiger partial charge in [0.25, 0.3) is 5.69 Å². The fourth-order valence-electron chi connectivity index (χ4n) is 3.58. The first-order chi connectivity index (χ1) is 16.2. The van der Waals surface area contributed by atoms with Gasteiger partial charge in [0.1, 0.15) is 4.90 Å². The average molecular weight is 492 g/mol. The van der Waals surface area contributed by atoms with Crippen LogP contribution in [0.15, 0.2) is 47.4 Å². The van der Waals surface area contributed by atoms with E-state index >= 15 is 0 Å². The number of hydrogen-bond acceptors (Lipinski definition) is 9. The van der Waals surface area contributed by atoms with Crippen LogP contribution >= 0.6 is 0 Å². The normalized spacial score (nSPS) is 14.7. The SMILES string of the molecule is COC(=O)/C=C/c1cc(OC)c(OC)c(S(=O)(=O)N2CCN(c3ccc([N+](=O)[O-])cc3)CC2)c1. The van der Waals surface area contributed by atoms with E-state index in [4.69, 9.17) is 9.47 Å². The van der Waals surface area contributed by atoms with Crippen molar-refractivity contribution in [3.63, 3.8) is 0 Å². The maximum Gasteiger partial charge on any atom is 0.330 e. The molecule has 0 aliphatic carbocycles. The number of nitro groups is 1. The van der Waals surface area contributed by atoms with Crippen molar-refractivity contribution in [2.75, 3.05) is 52.4 Å². The van der Waals surface area contributed by atoms with Gasteiger partial charge in [-0.25, -0.2) is 13.2 Å². The molecule has 182 valence electrons. The largest absolute Gasteiger partial charge is 0.493 e. The summed E-state index contributed by atoms with van der Waals surface area (Å²) in [4.78, 5) is 23.7. The van der Waals surface area contributed by atoms with E-state index in [0.717, 1.165) is 5.69 Å². The number of nitro benzene ring substituents is 1. The first kappa shape index (κ1) is 25.0. The molecule has 2 aromatic carbocycles. The molecule has 0 bridgehead atoms. The number of non-ortho nitro benzene ring substituents is 1. The molecule has 0 saturated carbocycles. The van der Waals surface area contributed by atoms with Gasteiger partial charge in [0.2, 0.25) is 10.0 Å². The molecule has 34 heavy (non-hydrogen) atoms. The molecule has 12 heteroatoms. The second-order valence-corrected chi connectivity index (χ2v) is 9.18. The highest BCUT2D eigenvalue weighted by atomic mass is 32.2. The number of benzene rings is 2. The Labute approximate surface area is 197 Å². The number of nitrogens with zero attached hydrogens (tertiary/aromatic N) is 3. The third-order valence-electron chi connectivity index (χ3n) is 5.36. The second-order valence-electron chi connectivity index (χ2n) is 7.28. The standard InChI is InChI=1S/C22H25N3O8S/c1-31-19-14-16(4-9-21(26)32-2)15-20(22(19)33-3)34(29,30)24-12-10-23(11-13-24)17-5-7-18(8-6-17)25(27)28/h4-9,14-15H,10-13H2,1-3H3/b9-4+. The molecule has 1 aliphatic rings. The number of esters is 1. The van der Waals surface area contributed by atoms with Crippen molar-refractivity contribution in [3.05, 3.63) is 58.2 Å². The first-order valence-electron chi connectivity index (χ1n) is 10.2. The monoisotopic (exact) mass is 491 g/mol. The lowest BCUT2D eigenvalue weighted by Crippen LogP contribution is -2.48. The Morgan fingerprint density at radius 3 is 2.21 bits per heavy atom. The predicted molar refractivity (Wildman–Crippen MR) is 125 cm³/mol. The summed E-state index contributed by atoms with van der Waals surface area (Å²) in [6, 6.07) is 9.11. The van der Waals surface area contributed by atoms with Crippen LogP contribution in [0, 0.1) is 10.1 Å².